The summed E-state index contributed by atoms with van der Waals surface area (Å²) in [7, 11) is 0. The van der Waals surface area contributed by atoms with E-state index in [9.17, 15) is 0 Å². The molecule has 0 N–H and O–H groups in total. The predicted molar refractivity (Wildman–Crippen MR) is 86.0 cm³/mol. The lowest BCUT2D eigenvalue weighted by Crippen LogP contribution is -1.96. The molecule has 0 atom stereocenters. The third-order valence-corrected chi connectivity index (χ3v) is 4.04. The number of hydrogen-bond acceptors (Lipinski definition) is 2. The summed E-state index contributed by atoms with van der Waals surface area (Å²) in [5, 5.41) is 13.8. The van der Waals surface area contributed by atoms with E-state index in [0.717, 1.165) is 27.1 Å². The minimum absolute atomic E-state index is 0.317. The van der Waals surface area contributed by atoms with E-state index < -0.39 is 0 Å². The lowest BCUT2D eigenvalue weighted by Gasteiger charge is -2.02. The van der Waals surface area contributed by atoms with Crippen molar-refractivity contribution in [1.82, 2.24) is 9.78 Å². The number of para-hydroxylation sites is 1. The highest BCUT2D eigenvalue weighted by Crippen LogP contribution is 2.31. The number of nitrogens with zero attached hydrogens (tertiary/aromatic N) is 3. The van der Waals surface area contributed by atoms with Gasteiger partial charge in [0.05, 0.1) is 23.9 Å². The van der Waals surface area contributed by atoms with E-state index in [1.54, 1.807) is 0 Å². The van der Waals surface area contributed by atoms with Crippen LogP contribution in [0.25, 0.3) is 16.9 Å². The molecule has 0 saturated heterocycles. The van der Waals surface area contributed by atoms with Crippen LogP contribution in [0.5, 0.6) is 0 Å². The van der Waals surface area contributed by atoms with E-state index in [1.807, 2.05) is 65.3 Å². The average Bonchev–Trinajstić information content (AvgIpc) is 2.87. The Morgan fingerprint density at radius 2 is 1.62 bits per heavy atom. The largest absolute Gasteiger partial charge is 0.226 e. The maximum absolute atomic E-state index is 9.09. The first-order valence-electron chi connectivity index (χ1n) is 6.56. The van der Waals surface area contributed by atoms with E-state index in [2.05, 4.69) is 27.1 Å². The lowest BCUT2D eigenvalue weighted by atomic mass is 10.1. The summed E-state index contributed by atoms with van der Waals surface area (Å²) >= 11 is 3.59. The van der Waals surface area contributed by atoms with Gasteiger partial charge >= 0.3 is 0 Å². The van der Waals surface area contributed by atoms with Crippen LogP contribution in [0.2, 0.25) is 0 Å². The third-order valence-electron chi connectivity index (χ3n) is 3.22. The Morgan fingerprint density at radius 1 is 1.00 bits per heavy atom. The van der Waals surface area contributed by atoms with Crippen molar-refractivity contribution in [2.24, 2.45) is 0 Å². The quantitative estimate of drug-likeness (QED) is 0.712. The standard InChI is InChI=1S/C17H12BrN3/c18-17-15(11-12-19)16(13-7-3-1-4-8-13)20-21(17)14-9-5-2-6-10-14/h1-10H,11H2. The van der Waals surface area contributed by atoms with Gasteiger partial charge in [0.25, 0.3) is 0 Å². The van der Waals surface area contributed by atoms with Crippen LogP contribution < -0.4 is 0 Å². The van der Waals surface area contributed by atoms with Gasteiger partial charge in [0.1, 0.15) is 4.60 Å². The van der Waals surface area contributed by atoms with Gasteiger partial charge in [-0.1, -0.05) is 48.5 Å². The zero-order valence-corrected chi connectivity index (χ0v) is 12.8. The molecule has 21 heavy (non-hydrogen) atoms. The Bertz CT molecular complexity index is 786. The number of aromatic nitrogens is 2. The molecule has 0 fully saturated rings. The first kappa shape index (κ1) is 13.6. The van der Waals surface area contributed by atoms with Crippen molar-refractivity contribution in [3.63, 3.8) is 0 Å². The van der Waals surface area contributed by atoms with Crippen LogP contribution in [0, 0.1) is 11.3 Å². The van der Waals surface area contributed by atoms with Crippen LogP contribution in [-0.2, 0) is 6.42 Å². The molecule has 4 heteroatoms. The minimum Gasteiger partial charge on any atom is -0.226 e. The second-order valence-corrected chi connectivity index (χ2v) is 5.32. The molecular weight excluding hydrogens is 326 g/mol. The summed E-state index contributed by atoms with van der Waals surface area (Å²) in [6.45, 7) is 0. The fourth-order valence-electron chi connectivity index (χ4n) is 2.23. The molecule has 0 radical (unpaired) electrons. The molecule has 3 rings (SSSR count). The van der Waals surface area contributed by atoms with Gasteiger partial charge in [0.15, 0.2) is 0 Å². The summed E-state index contributed by atoms with van der Waals surface area (Å²) in [5.74, 6) is 0. The van der Waals surface area contributed by atoms with Gasteiger partial charge in [0.2, 0.25) is 0 Å². The minimum atomic E-state index is 0.317. The first-order valence-corrected chi connectivity index (χ1v) is 7.35. The second-order valence-electron chi connectivity index (χ2n) is 4.57. The van der Waals surface area contributed by atoms with Gasteiger partial charge in [-0.3, -0.25) is 0 Å². The fraction of sp³-hybridized carbons (Fsp3) is 0.0588. The monoisotopic (exact) mass is 337 g/mol. The van der Waals surface area contributed by atoms with Gasteiger partial charge in [0, 0.05) is 11.1 Å². The molecular formula is C17H12BrN3. The summed E-state index contributed by atoms with van der Waals surface area (Å²) in [6, 6.07) is 22.0. The van der Waals surface area contributed by atoms with Crippen LogP contribution in [0.3, 0.4) is 0 Å². The van der Waals surface area contributed by atoms with E-state index in [-0.39, 0.29) is 0 Å². The molecule has 3 aromatic rings. The summed E-state index contributed by atoms with van der Waals surface area (Å²) < 4.78 is 2.66. The maximum atomic E-state index is 9.09. The van der Waals surface area contributed by atoms with Crippen LogP contribution in [0.4, 0.5) is 0 Å². The van der Waals surface area contributed by atoms with Gasteiger partial charge < -0.3 is 0 Å². The molecule has 1 aromatic heterocycles. The molecule has 0 unspecified atom stereocenters. The molecule has 0 saturated carbocycles. The SMILES string of the molecule is N#CCc1c(-c2ccccc2)nn(-c2ccccc2)c1Br. The van der Waals surface area contributed by atoms with Crippen molar-refractivity contribution in [2.45, 2.75) is 6.42 Å². The number of halogens is 1. The van der Waals surface area contributed by atoms with Gasteiger partial charge in [-0.2, -0.15) is 10.4 Å². The van der Waals surface area contributed by atoms with Gasteiger partial charge in [-0.25, -0.2) is 4.68 Å². The lowest BCUT2D eigenvalue weighted by molar-refractivity contribution is 0.862. The summed E-state index contributed by atoms with van der Waals surface area (Å²) in [4.78, 5) is 0. The molecule has 1 heterocycles. The molecule has 0 aliphatic rings. The van der Waals surface area contributed by atoms with Crippen molar-refractivity contribution >= 4 is 15.9 Å². The van der Waals surface area contributed by atoms with E-state index >= 15 is 0 Å². The number of hydrogen-bond donors (Lipinski definition) is 0. The van der Waals surface area contributed by atoms with Gasteiger partial charge in [-0.05, 0) is 28.1 Å². The highest BCUT2D eigenvalue weighted by Gasteiger charge is 2.17. The summed E-state index contributed by atoms with van der Waals surface area (Å²) in [5.41, 5.74) is 3.73. The molecule has 0 aliphatic carbocycles. The second kappa shape index (κ2) is 5.94. The van der Waals surface area contributed by atoms with E-state index in [0.29, 0.717) is 6.42 Å². The normalized spacial score (nSPS) is 10.3. The maximum Gasteiger partial charge on any atom is 0.114 e. The smallest absolute Gasteiger partial charge is 0.114 e. The van der Waals surface area contributed by atoms with Crippen LogP contribution in [-0.4, -0.2) is 9.78 Å². The van der Waals surface area contributed by atoms with E-state index in [4.69, 9.17) is 5.26 Å². The van der Waals surface area contributed by atoms with Crippen molar-refractivity contribution < 1.29 is 0 Å². The van der Waals surface area contributed by atoms with Crippen molar-refractivity contribution in [2.75, 3.05) is 0 Å². The third kappa shape index (κ3) is 2.61. The Balaban J connectivity index is 2.19. The first-order chi connectivity index (χ1) is 10.3. The molecule has 2 aromatic carbocycles. The molecule has 102 valence electrons. The average molecular weight is 338 g/mol. The highest BCUT2D eigenvalue weighted by atomic mass is 79.9. The Labute approximate surface area is 131 Å². The Hall–Kier alpha value is -2.38. The Kier molecular flexibility index (Phi) is 3.85. The van der Waals surface area contributed by atoms with Gasteiger partial charge in [-0.15, -0.1) is 0 Å². The predicted octanol–water partition coefficient (Wildman–Crippen LogP) is 4.37. The summed E-state index contributed by atoms with van der Waals surface area (Å²) in [6.07, 6.45) is 0.317. The van der Waals surface area contributed by atoms with Crippen molar-refractivity contribution in [3.8, 4) is 23.0 Å². The highest BCUT2D eigenvalue weighted by molar-refractivity contribution is 9.10. The number of rotatable bonds is 3. The van der Waals surface area contributed by atoms with E-state index in [1.165, 1.54) is 0 Å². The topological polar surface area (TPSA) is 41.6 Å². The zero-order valence-electron chi connectivity index (χ0n) is 11.2. The van der Waals surface area contributed by atoms with Crippen LogP contribution >= 0.6 is 15.9 Å². The molecule has 0 amide bonds. The number of nitriles is 1. The van der Waals surface area contributed by atoms with Crippen molar-refractivity contribution in [1.29, 1.82) is 5.26 Å². The van der Waals surface area contributed by atoms with Crippen LogP contribution in [0.1, 0.15) is 5.56 Å². The fourth-order valence-corrected chi connectivity index (χ4v) is 2.85. The number of benzene rings is 2. The molecule has 0 aliphatic heterocycles. The van der Waals surface area contributed by atoms with Crippen molar-refractivity contribution in [3.05, 3.63) is 70.8 Å². The van der Waals surface area contributed by atoms with Crippen LogP contribution in [0.15, 0.2) is 65.3 Å². The molecule has 0 bridgehead atoms. The zero-order chi connectivity index (χ0) is 14.7. The molecule has 3 nitrogen and oxygen atoms in total. The Morgan fingerprint density at radius 3 is 2.24 bits per heavy atom. The molecule has 0 spiro atoms.